The molecule has 2 rings (SSSR count). The van der Waals surface area contributed by atoms with Crippen LogP contribution in [0.2, 0.25) is 0 Å². The molecule has 0 bridgehead atoms. The summed E-state index contributed by atoms with van der Waals surface area (Å²) in [7, 11) is 0. The van der Waals surface area contributed by atoms with E-state index in [1.165, 1.54) is 0 Å². The van der Waals surface area contributed by atoms with Crippen molar-refractivity contribution in [3.05, 3.63) is 0 Å². The molecule has 2 fully saturated rings. The van der Waals surface area contributed by atoms with Gasteiger partial charge < -0.3 is 20.1 Å². The van der Waals surface area contributed by atoms with Gasteiger partial charge in [0, 0.05) is 13.1 Å². The Labute approximate surface area is 110 Å². The second kappa shape index (κ2) is 6.01. The van der Waals surface area contributed by atoms with Crippen LogP contribution in [0.3, 0.4) is 0 Å². The molecule has 0 aromatic heterocycles. The van der Waals surface area contributed by atoms with Crippen molar-refractivity contribution in [2.75, 3.05) is 19.6 Å². The summed E-state index contributed by atoms with van der Waals surface area (Å²) in [4.78, 5) is 35.9. The lowest BCUT2D eigenvalue weighted by Crippen LogP contribution is -2.42. The summed E-state index contributed by atoms with van der Waals surface area (Å²) in [6, 6.07) is 0. The first-order chi connectivity index (χ1) is 9.08. The van der Waals surface area contributed by atoms with Crippen molar-refractivity contribution < 1.29 is 24.2 Å². The minimum Gasteiger partial charge on any atom is -0.479 e. The van der Waals surface area contributed by atoms with Crippen LogP contribution in [0.4, 0.5) is 0 Å². The highest BCUT2D eigenvalue weighted by Gasteiger charge is 2.34. The first kappa shape index (κ1) is 13.8. The van der Waals surface area contributed by atoms with E-state index < -0.39 is 24.1 Å². The largest absolute Gasteiger partial charge is 0.479 e. The fourth-order valence-corrected chi connectivity index (χ4v) is 2.37. The normalized spacial score (nSPS) is 26.4. The zero-order chi connectivity index (χ0) is 13.8. The van der Waals surface area contributed by atoms with Gasteiger partial charge in [0.1, 0.15) is 6.10 Å². The van der Waals surface area contributed by atoms with Gasteiger partial charge in [-0.25, -0.2) is 4.79 Å². The predicted molar refractivity (Wildman–Crippen MR) is 64.4 cm³/mol. The lowest BCUT2D eigenvalue weighted by Gasteiger charge is -2.16. The molecule has 2 atom stereocenters. The summed E-state index contributed by atoms with van der Waals surface area (Å²) in [5.74, 6) is -1.56. The Balaban J connectivity index is 1.72. The standard InChI is InChI=1S/C12H18N2O5/c15-10(14-5-1-2-6-14)7-13-11(16)8-3-4-9(19-8)12(17)18/h8-9H,1-7H2,(H,13,16)(H,17,18)/t8-,9+/m0/s1. The zero-order valence-electron chi connectivity index (χ0n) is 10.6. The summed E-state index contributed by atoms with van der Waals surface area (Å²) in [6.45, 7) is 1.45. The molecule has 2 amide bonds. The van der Waals surface area contributed by atoms with Crippen molar-refractivity contribution in [2.45, 2.75) is 37.9 Å². The van der Waals surface area contributed by atoms with E-state index >= 15 is 0 Å². The molecule has 2 aliphatic heterocycles. The lowest BCUT2D eigenvalue weighted by atomic mass is 10.2. The Bertz CT molecular complexity index is 378. The van der Waals surface area contributed by atoms with Gasteiger partial charge in [0.2, 0.25) is 11.8 Å². The second-order valence-corrected chi connectivity index (χ2v) is 4.83. The topological polar surface area (TPSA) is 95.9 Å². The van der Waals surface area contributed by atoms with Gasteiger partial charge >= 0.3 is 5.97 Å². The fourth-order valence-electron chi connectivity index (χ4n) is 2.37. The number of carboxylic acid groups (broad SMARTS) is 1. The third-order valence-electron chi connectivity index (χ3n) is 3.46. The van der Waals surface area contributed by atoms with E-state index in [1.807, 2.05) is 0 Å². The van der Waals surface area contributed by atoms with Crippen molar-refractivity contribution >= 4 is 17.8 Å². The lowest BCUT2D eigenvalue weighted by molar-refractivity contribution is -0.152. The molecule has 2 aliphatic rings. The molecule has 0 radical (unpaired) electrons. The Morgan fingerprint density at radius 2 is 1.79 bits per heavy atom. The van der Waals surface area contributed by atoms with Crippen LogP contribution < -0.4 is 5.32 Å². The Morgan fingerprint density at radius 1 is 1.16 bits per heavy atom. The minimum absolute atomic E-state index is 0.0452. The molecular formula is C12H18N2O5. The zero-order valence-corrected chi connectivity index (χ0v) is 10.6. The molecule has 7 nitrogen and oxygen atoms in total. The Hall–Kier alpha value is -1.63. The third kappa shape index (κ3) is 3.44. The number of likely N-dealkylation sites (tertiary alicyclic amines) is 1. The van der Waals surface area contributed by atoms with Crippen LogP contribution in [0.5, 0.6) is 0 Å². The molecule has 0 spiro atoms. The van der Waals surface area contributed by atoms with Gasteiger partial charge in [-0.15, -0.1) is 0 Å². The first-order valence-electron chi connectivity index (χ1n) is 6.51. The molecule has 0 unspecified atom stereocenters. The molecule has 7 heteroatoms. The SMILES string of the molecule is O=C(NCC(=O)N1CCCC1)[C@@H]1CC[C@H](C(=O)O)O1. The maximum Gasteiger partial charge on any atom is 0.332 e. The number of ether oxygens (including phenoxy) is 1. The molecule has 19 heavy (non-hydrogen) atoms. The number of amides is 2. The number of rotatable bonds is 4. The first-order valence-corrected chi connectivity index (χ1v) is 6.51. The number of nitrogens with one attached hydrogen (secondary N) is 1. The summed E-state index contributed by atoms with van der Waals surface area (Å²) in [6.07, 6.45) is 1.04. The summed E-state index contributed by atoms with van der Waals surface area (Å²) in [5.41, 5.74) is 0. The van der Waals surface area contributed by atoms with Crippen molar-refractivity contribution in [1.82, 2.24) is 10.2 Å². The number of nitrogens with zero attached hydrogens (tertiary/aromatic N) is 1. The van der Waals surface area contributed by atoms with E-state index in [1.54, 1.807) is 4.90 Å². The minimum atomic E-state index is -1.05. The van der Waals surface area contributed by atoms with Crippen molar-refractivity contribution in [3.63, 3.8) is 0 Å². The highest BCUT2D eigenvalue weighted by atomic mass is 16.5. The van der Waals surface area contributed by atoms with Gasteiger partial charge in [-0.05, 0) is 25.7 Å². The van der Waals surface area contributed by atoms with E-state index in [-0.39, 0.29) is 12.5 Å². The monoisotopic (exact) mass is 270 g/mol. The van der Waals surface area contributed by atoms with Gasteiger partial charge in [-0.2, -0.15) is 0 Å². The number of carbonyl (C=O) groups excluding carboxylic acids is 2. The summed E-state index contributed by atoms with van der Waals surface area (Å²) >= 11 is 0. The van der Waals surface area contributed by atoms with Crippen molar-refractivity contribution in [2.24, 2.45) is 0 Å². The summed E-state index contributed by atoms with van der Waals surface area (Å²) < 4.78 is 5.11. The van der Waals surface area contributed by atoms with Crippen molar-refractivity contribution in [3.8, 4) is 0 Å². The average Bonchev–Trinajstić information content (AvgIpc) is 3.05. The predicted octanol–water partition coefficient (Wildman–Crippen LogP) is -0.643. The number of hydrogen-bond acceptors (Lipinski definition) is 4. The van der Waals surface area contributed by atoms with Gasteiger partial charge in [-0.3, -0.25) is 9.59 Å². The maximum absolute atomic E-state index is 11.7. The summed E-state index contributed by atoms with van der Waals surface area (Å²) in [5, 5.41) is 11.3. The fraction of sp³-hybridized carbons (Fsp3) is 0.750. The molecule has 0 saturated carbocycles. The number of hydrogen-bond donors (Lipinski definition) is 2. The third-order valence-corrected chi connectivity index (χ3v) is 3.46. The molecule has 0 aromatic rings. The van der Waals surface area contributed by atoms with E-state index in [2.05, 4.69) is 5.32 Å². The molecule has 2 heterocycles. The smallest absolute Gasteiger partial charge is 0.332 e. The van der Waals surface area contributed by atoms with E-state index in [4.69, 9.17) is 9.84 Å². The highest BCUT2D eigenvalue weighted by Crippen LogP contribution is 2.19. The molecule has 0 aromatic carbocycles. The van der Waals surface area contributed by atoms with Crippen LogP contribution in [-0.2, 0) is 19.1 Å². The molecule has 2 saturated heterocycles. The number of carbonyl (C=O) groups is 3. The van der Waals surface area contributed by atoms with Gasteiger partial charge in [0.15, 0.2) is 6.10 Å². The Morgan fingerprint density at radius 3 is 2.37 bits per heavy atom. The molecular weight excluding hydrogens is 252 g/mol. The average molecular weight is 270 g/mol. The van der Waals surface area contributed by atoms with E-state index in [0.29, 0.717) is 12.8 Å². The van der Waals surface area contributed by atoms with Crippen LogP contribution in [0.25, 0.3) is 0 Å². The molecule has 2 N–H and O–H groups in total. The van der Waals surface area contributed by atoms with E-state index in [9.17, 15) is 14.4 Å². The van der Waals surface area contributed by atoms with E-state index in [0.717, 1.165) is 25.9 Å². The van der Waals surface area contributed by atoms with Gasteiger partial charge in [0.05, 0.1) is 6.54 Å². The molecule has 0 aliphatic carbocycles. The van der Waals surface area contributed by atoms with Crippen LogP contribution in [0.15, 0.2) is 0 Å². The number of aliphatic carboxylic acids is 1. The van der Waals surface area contributed by atoms with Gasteiger partial charge in [0.25, 0.3) is 0 Å². The number of carboxylic acids is 1. The second-order valence-electron chi connectivity index (χ2n) is 4.83. The van der Waals surface area contributed by atoms with Crippen LogP contribution in [-0.4, -0.2) is 59.6 Å². The van der Waals surface area contributed by atoms with Gasteiger partial charge in [-0.1, -0.05) is 0 Å². The van der Waals surface area contributed by atoms with Crippen LogP contribution in [0.1, 0.15) is 25.7 Å². The quantitative estimate of drug-likeness (QED) is 0.708. The van der Waals surface area contributed by atoms with Crippen molar-refractivity contribution in [1.29, 1.82) is 0 Å². The maximum atomic E-state index is 11.7. The highest BCUT2D eigenvalue weighted by molar-refractivity contribution is 5.87. The van der Waals surface area contributed by atoms with Crippen LogP contribution in [0, 0.1) is 0 Å². The van der Waals surface area contributed by atoms with Crippen LogP contribution >= 0.6 is 0 Å². The molecule has 106 valence electrons. The Kier molecular flexibility index (Phi) is 4.36.